The van der Waals surface area contributed by atoms with Crippen molar-refractivity contribution in [3.8, 4) is 0 Å². The molecule has 0 aliphatic rings. The van der Waals surface area contributed by atoms with Crippen molar-refractivity contribution in [1.29, 1.82) is 0 Å². The highest BCUT2D eigenvalue weighted by atomic mass is 32.1. The molecule has 2 amide bonds. The molecule has 0 aliphatic carbocycles. The van der Waals surface area contributed by atoms with Gasteiger partial charge in [-0.15, -0.1) is 11.3 Å². The summed E-state index contributed by atoms with van der Waals surface area (Å²) in [5.74, 6) is 1.14. The Hall–Kier alpha value is -1.86. The van der Waals surface area contributed by atoms with Crippen molar-refractivity contribution in [2.45, 2.75) is 39.3 Å². The predicted molar refractivity (Wildman–Crippen MR) is 84.8 cm³/mol. The zero-order valence-corrected chi connectivity index (χ0v) is 14.0. The average Bonchev–Trinajstić information content (AvgIpc) is 3.05. The summed E-state index contributed by atoms with van der Waals surface area (Å²) in [6.07, 6.45) is 0. The molecule has 2 atom stereocenters. The number of carbonyl (C=O) groups is 1. The van der Waals surface area contributed by atoms with Crippen molar-refractivity contribution in [3.63, 3.8) is 0 Å². The van der Waals surface area contributed by atoms with Crippen molar-refractivity contribution in [2.24, 2.45) is 0 Å². The number of aromatic nitrogens is 1. The molecule has 6 nitrogen and oxygen atoms in total. The predicted octanol–water partition coefficient (Wildman–Crippen LogP) is 2.62. The molecule has 0 radical (unpaired) electrons. The minimum atomic E-state index is -1.26. The number of aryl methyl sites for hydroxylation is 2. The monoisotopic (exact) mass is 323 g/mol. The molecule has 0 aromatic carbocycles. The topological polar surface area (TPSA) is 87.4 Å². The summed E-state index contributed by atoms with van der Waals surface area (Å²) < 4.78 is 5.40. The van der Waals surface area contributed by atoms with Crippen LogP contribution < -0.4 is 10.6 Å². The van der Waals surface area contributed by atoms with Crippen LogP contribution in [-0.2, 0) is 5.60 Å². The fourth-order valence-electron chi connectivity index (χ4n) is 1.94. The molecule has 0 saturated heterocycles. The van der Waals surface area contributed by atoms with E-state index in [1.54, 1.807) is 26.0 Å². The second-order valence-corrected chi connectivity index (χ2v) is 6.45. The van der Waals surface area contributed by atoms with E-state index in [9.17, 15) is 9.90 Å². The van der Waals surface area contributed by atoms with Crippen molar-refractivity contribution < 1.29 is 14.3 Å². The number of thiazole rings is 1. The van der Waals surface area contributed by atoms with Gasteiger partial charge < -0.3 is 20.2 Å². The highest BCUT2D eigenvalue weighted by Crippen LogP contribution is 2.22. The molecule has 2 aromatic heterocycles. The molecule has 3 N–H and O–H groups in total. The Kier molecular flexibility index (Phi) is 4.87. The minimum Gasteiger partial charge on any atom is -0.463 e. The van der Waals surface area contributed by atoms with Gasteiger partial charge in [0.15, 0.2) is 0 Å². The molecule has 2 unspecified atom stereocenters. The normalized spacial score (nSPS) is 15.1. The maximum Gasteiger partial charge on any atom is 0.315 e. The maximum atomic E-state index is 11.9. The van der Waals surface area contributed by atoms with E-state index in [4.69, 9.17) is 4.42 Å². The highest BCUT2D eigenvalue weighted by molar-refractivity contribution is 7.09. The number of carbonyl (C=O) groups excluding carboxylic acids is 1. The Bertz CT molecular complexity index is 648. The van der Waals surface area contributed by atoms with Gasteiger partial charge in [0.2, 0.25) is 0 Å². The van der Waals surface area contributed by atoms with E-state index in [0.29, 0.717) is 11.5 Å². The van der Waals surface area contributed by atoms with Crippen LogP contribution in [0.4, 0.5) is 4.79 Å². The fraction of sp³-hybridized carbons (Fsp3) is 0.467. The van der Waals surface area contributed by atoms with Crippen LogP contribution in [0.2, 0.25) is 0 Å². The number of furan rings is 1. The summed E-state index contributed by atoms with van der Waals surface area (Å²) in [6, 6.07) is 2.94. The first-order chi connectivity index (χ1) is 10.3. The van der Waals surface area contributed by atoms with E-state index in [-0.39, 0.29) is 18.6 Å². The molecule has 2 aromatic rings. The number of amides is 2. The lowest BCUT2D eigenvalue weighted by molar-refractivity contribution is 0.0359. The van der Waals surface area contributed by atoms with Crippen molar-refractivity contribution in [1.82, 2.24) is 15.6 Å². The summed E-state index contributed by atoms with van der Waals surface area (Å²) in [7, 11) is 0. The molecular formula is C15H21N3O3S. The smallest absolute Gasteiger partial charge is 0.315 e. The van der Waals surface area contributed by atoms with Gasteiger partial charge in [-0.3, -0.25) is 0 Å². The number of rotatable bonds is 5. The summed E-state index contributed by atoms with van der Waals surface area (Å²) >= 11 is 1.50. The molecule has 2 rings (SSSR count). The highest BCUT2D eigenvalue weighted by Gasteiger charge is 2.27. The van der Waals surface area contributed by atoms with Gasteiger partial charge in [-0.25, -0.2) is 9.78 Å². The van der Waals surface area contributed by atoms with Crippen molar-refractivity contribution >= 4 is 17.4 Å². The van der Waals surface area contributed by atoms with Gasteiger partial charge in [-0.1, -0.05) is 0 Å². The van der Waals surface area contributed by atoms with Crippen LogP contribution in [0.15, 0.2) is 21.9 Å². The van der Waals surface area contributed by atoms with E-state index in [2.05, 4.69) is 15.6 Å². The number of nitrogens with one attached hydrogen (secondary N) is 2. The van der Waals surface area contributed by atoms with E-state index < -0.39 is 5.60 Å². The van der Waals surface area contributed by atoms with Crippen molar-refractivity contribution in [2.75, 3.05) is 6.54 Å². The van der Waals surface area contributed by atoms with Crippen LogP contribution in [-0.4, -0.2) is 22.7 Å². The number of urea groups is 1. The Labute approximate surface area is 133 Å². The number of hydrogen-bond donors (Lipinski definition) is 3. The minimum absolute atomic E-state index is 0.0510. The van der Waals surface area contributed by atoms with E-state index in [0.717, 1.165) is 10.7 Å². The van der Waals surface area contributed by atoms with Gasteiger partial charge in [0.1, 0.15) is 22.1 Å². The molecule has 0 spiro atoms. The van der Waals surface area contributed by atoms with Gasteiger partial charge in [0.25, 0.3) is 0 Å². The Balaban J connectivity index is 1.87. The zero-order chi connectivity index (χ0) is 16.3. The SMILES string of the molecule is Cc1csc(C(C)NC(=O)NCC(C)(O)c2ccc(C)o2)n1. The van der Waals surface area contributed by atoms with Crippen LogP contribution in [0.5, 0.6) is 0 Å². The first-order valence-electron chi connectivity index (χ1n) is 7.03. The van der Waals surface area contributed by atoms with Gasteiger partial charge in [0.05, 0.1) is 12.6 Å². The van der Waals surface area contributed by atoms with E-state index in [1.807, 2.05) is 19.2 Å². The summed E-state index contributed by atoms with van der Waals surface area (Å²) in [6.45, 7) is 7.23. The lowest BCUT2D eigenvalue weighted by atomic mass is 10.0. The Morgan fingerprint density at radius 2 is 2.23 bits per heavy atom. The number of nitrogens with zero attached hydrogens (tertiary/aromatic N) is 1. The number of hydrogen-bond acceptors (Lipinski definition) is 5. The lowest BCUT2D eigenvalue weighted by Gasteiger charge is -2.22. The van der Waals surface area contributed by atoms with Crippen LogP contribution in [0, 0.1) is 13.8 Å². The second kappa shape index (κ2) is 6.50. The van der Waals surface area contributed by atoms with Crippen LogP contribution >= 0.6 is 11.3 Å². The molecule has 0 saturated carbocycles. The second-order valence-electron chi connectivity index (χ2n) is 5.56. The summed E-state index contributed by atoms with van der Waals surface area (Å²) in [5.41, 5.74) is -0.322. The molecule has 120 valence electrons. The van der Waals surface area contributed by atoms with Crippen LogP contribution in [0.25, 0.3) is 0 Å². The molecule has 0 bridgehead atoms. The van der Waals surface area contributed by atoms with E-state index >= 15 is 0 Å². The largest absolute Gasteiger partial charge is 0.463 e. The average molecular weight is 323 g/mol. The van der Waals surface area contributed by atoms with Crippen molar-refractivity contribution in [3.05, 3.63) is 39.7 Å². The lowest BCUT2D eigenvalue weighted by Crippen LogP contribution is -2.44. The standard InChI is InChI=1S/C15H21N3O3S/c1-9-7-22-13(17-9)11(3)18-14(19)16-8-15(4,20)12-6-5-10(2)21-12/h5-7,11,20H,8H2,1-4H3,(H2,16,18,19). The summed E-state index contributed by atoms with van der Waals surface area (Å²) in [4.78, 5) is 16.3. The quantitative estimate of drug-likeness (QED) is 0.789. The Morgan fingerprint density at radius 3 is 2.77 bits per heavy atom. The van der Waals surface area contributed by atoms with Gasteiger partial charge in [0, 0.05) is 11.1 Å². The van der Waals surface area contributed by atoms with Crippen LogP contribution in [0.3, 0.4) is 0 Å². The van der Waals surface area contributed by atoms with Gasteiger partial charge >= 0.3 is 6.03 Å². The first-order valence-corrected chi connectivity index (χ1v) is 7.91. The van der Waals surface area contributed by atoms with Crippen LogP contribution in [0.1, 0.15) is 42.1 Å². The zero-order valence-electron chi connectivity index (χ0n) is 13.1. The molecule has 0 fully saturated rings. The third-order valence-electron chi connectivity index (χ3n) is 3.22. The van der Waals surface area contributed by atoms with Gasteiger partial charge in [-0.05, 0) is 39.8 Å². The van der Waals surface area contributed by atoms with Gasteiger partial charge in [-0.2, -0.15) is 0 Å². The maximum absolute atomic E-state index is 11.9. The number of aliphatic hydroxyl groups is 1. The third kappa shape index (κ3) is 4.08. The molecule has 7 heteroatoms. The Morgan fingerprint density at radius 1 is 1.50 bits per heavy atom. The molecule has 2 heterocycles. The van der Waals surface area contributed by atoms with E-state index in [1.165, 1.54) is 11.3 Å². The summed E-state index contributed by atoms with van der Waals surface area (Å²) in [5, 5.41) is 18.6. The fourth-order valence-corrected chi connectivity index (χ4v) is 2.75. The molecule has 22 heavy (non-hydrogen) atoms. The molecular weight excluding hydrogens is 302 g/mol. The third-order valence-corrected chi connectivity index (χ3v) is 4.36. The molecule has 0 aliphatic heterocycles. The first kappa shape index (κ1) is 16.5.